The molecule has 0 aliphatic carbocycles. The summed E-state index contributed by atoms with van der Waals surface area (Å²) in [6, 6.07) is 3.97. The molecular formula is C10H14N2O2. The topological polar surface area (TPSA) is 45.5 Å². The van der Waals surface area contributed by atoms with Gasteiger partial charge in [0.25, 0.3) is 0 Å². The van der Waals surface area contributed by atoms with Gasteiger partial charge >= 0.3 is 0 Å². The van der Waals surface area contributed by atoms with Gasteiger partial charge in [0, 0.05) is 31.7 Å². The van der Waals surface area contributed by atoms with Crippen molar-refractivity contribution in [1.29, 1.82) is 0 Å². The van der Waals surface area contributed by atoms with Gasteiger partial charge in [0.15, 0.2) is 17.9 Å². The molecule has 76 valence electrons. The van der Waals surface area contributed by atoms with Crippen molar-refractivity contribution in [2.75, 3.05) is 24.5 Å². The Morgan fingerprint density at radius 1 is 1.64 bits per heavy atom. The van der Waals surface area contributed by atoms with Gasteiger partial charge in [-0.3, -0.25) is 4.79 Å². The Balaban J connectivity index is 2.16. The normalized spacial score (nSPS) is 22.4. The van der Waals surface area contributed by atoms with Crippen molar-refractivity contribution in [3.05, 3.63) is 17.9 Å². The van der Waals surface area contributed by atoms with Crippen LogP contribution in [0.2, 0.25) is 0 Å². The van der Waals surface area contributed by atoms with Crippen LogP contribution >= 0.6 is 0 Å². The van der Waals surface area contributed by atoms with Crippen LogP contribution in [0, 0.1) is 0 Å². The fourth-order valence-corrected chi connectivity index (χ4v) is 1.73. The third kappa shape index (κ3) is 1.65. The van der Waals surface area contributed by atoms with Gasteiger partial charge < -0.3 is 14.6 Å². The van der Waals surface area contributed by atoms with Gasteiger partial charge in [-0.15, -0.1) is 0 Å². The van der Waals surface area contributed by atoms with Crippen molar-refractivity contribution in [3.63, 3.8) is 0 Å². The van der Waals surface area contributed by atoms with Crippen molar-refractivity contribution >= 4 is 12.2 Å². The molecule has 1 aromatic heterocycles. The third-order valence-electron chi connectivity index (χ3n) is 2.51. The van der Waals surface area contributed by atoms with Gasteiger partial charge in [-0.25, -0.2) is 0 Å². The standard InChI is InChI=1S/C10H14N2O2/c1-8-6-11-4-5-12(8)10-3-2-9(7-13)14-10/h2-3,7-8,11H,4-6H2,1H3. The first-order valence-corrected chi connectivity index (χ1v) is 4.83. The van der Waals surface area contributed by atoms with Crippen LogP contribution in [-0.2, 0) is 0 Å². The number of carbonyl (C=O) groups is 1. The maximum absolute atomic E-state index is 10.5. The fraction of sp³-hybridized carbons (Fsp3) is 0.500. The van der Waals surface area contributed by atoms with E-state index in [1.165, 1.54) is 0 Å². The second kappa shape index (κ2) is 3.84. The first kappa shape index (κ1) is 9.27. The molecular weight excluding hydrogens is 180 g/mol. The van der Waals surface area contributed by atoms with E-state index in [9.17, 15) is 4.79 Å². The van der Waals surface area contributed by atoms with E-state index in [2.05, 4.69) is 17.1 Å². The molecule has 1 fully saturated rings. The number of carbonyl (C=O) groups excluding carboxylic acids is 1. The summed E-state index contributed by atoms with van der Waals surface area (Å²) in [4.78, 5) is 12.6. The minimum atomic E-state index is 0.394. The quantitative estimate of drug-likeness (QED) is 0.710. The summed E-state index contributed by atoms with van der Waals surface area (Å²) in [6.45, 7) is 4.97. The summed E-state index contributed by atoms with van der Waals surface area (Å²) < 4.78 is 5.37. The van der Waals surface area contributed by atoms with Crippen molar-refractivity contribution in [2.24, 2.45) is 0 Å². The Bertz CT molecular complexity index is 322. The zero-order chi connectivity index (χ0) is 9.97. The smallest absolute Gasteiger partial charge is 0.196 e. The maximum atomic E-state index is 10.5. The molecule has 2 heterocycles. The van der Waals surface area contributed by atoms with Crippen molar-refractivity contribution in [3.8, 4) is 0 Å². The molecule has 0 aromatic carbocycles. The lowest BCUT2D eigenvalue weighted by atomic mass is 10.2. The molecule has 0 radical (unpaired) electrons. The molecule has 0 bridgehead atoms. The molecule has 2 rings (SSSR count). The lowest BCUT2D eigenvalue weighted by molar-refractivity contribution is 0.110. The zero-order valence-corrected chi connectivity index (χ0v) is 8.19. The lowest BCUT2D eigenvalue weighted by Gasteiger charge is -2.33. The molecule has 1 aromatic rings. The van der Waals surface area contributed by atoms with Crippen LogP contribution in [0.5, 0.6) is 0 Å². The van der Waals surface area contributed by atoms with Crippen LogP contribution in [0.3, 0.4) is 0 Å². The predicted molar refractivity (Wildman–Crippen MR) is 53.8 cm³/mol. The number of piperazine rings is 1. The van der Waals surface area contributed by atoms with Crippen LogP contribution in [-0.4, -0.2) is 32.0 Å². The van der Waals surface area contributed by atoms with E-state index < -0.39 is 0 Å². The number of nitrogens with zero attached hydrogens (tertiary/aromatic N) is 1. The minimum absolute atomic E-state index is 0.394. The number of aldehydes is 1. The van der Waals surface area contributed by atoms with E-state index in [0.717, 1.165) is 31.8 Å². The van der Waals surface area contributed by atoms with Crippen LogP contribution < -0.4 is 10.2 Å². The molecule has 4 heteroatoms. The number of furan rings is 1. The van der Waals surface area contributed by atoms with Gasteiger partial charge in [0.1, 0.15) is 0 Å². The molecule has 1 aliphatic rings. The molecule has 0 amide bonds. The number of hydrogen-bond acceptors (Lipinski definition) is 4. The van der Waals surface area contributed by atoms with E-state index in [4.69, 9.17) is 4.42 Å². The van der Waals surface area contributed by atoms with E-state index in [1.54, 1.807) is 6.07 Å². The van der Waals surface area contributed by atoms with Gasteiger partial charge in [0.2, 0.25) is 0 Å². The molecule has 0 spiro atoms. The average molecular weight is 194 g/mol. The summed E-state index contributed by atoms with van der Waals surface area (Å²) in [7, 11) is 0. The third-order valence-corrected chi connectivity index (χ3v) is 2.51. The Kier molecular flexibility index (Phi) is 2.54. The first-order chi connectivity index (χ1) is 6.81. The van der Waals surface area contributed by atoms with Gasteiger partial charge in [-0.05, 0) is 13.0 Å². The summed E-state index contributed by atoms with van der Waals surface area (Å²) in [5.41, 5.74) is 0. The number of hydrogen-bond donors (Lipinski definition) is 1. The molecule has 1 aliphatic heterocycles. The Morgan fingerprint density at radius 2 is 2.50 bits per heavy atom. The van der Waals surface area contributed by atoms with Crippen molar-refractivity contribution in [2.45, 2.75) is 13.0 Å². The number of nitrogens with one attached hydrogen (secondary N) is 1. The highest BCUT2D eigenvalue weighted by Crippen LogP contribution is 2.20. The van der Waals surface area contributed by atoms with Crippen LogP contribution in [0.1, 0.15) is 17.5 Å². The molecule has 14 heavy (non-hydrogen) atoms. The predicted octanol–water partition coefficient (Wildman–Crippen LogP) is 0.890. The SMILES string of the molecule is CC1CNCCN1c1ccc(C=O)o1. The average Bonchev–Trinajstić information content (AvgIpc) is 2.67. The Hall–Kier alpha value is -1.29. The van der Waals surface area contributed by atoms with E-state index in [0.29, 0.717) is 11.8 Å². The Morgan fingerprint density at radius 3 is 3.14 bits per heavy atom. The Labute approximate surface area is 82.9 Å². The number of anilines is 1. The maximum Gasteiger partial charge on any atom is 0.196 e. The van der Waals surface area contributed by atoms with E-state index in [1.807, 2.05) is 6.07 Å². The van der Waals surface area contributed by atoms with Crippen LogP contribution in [0.25, 0.3) is 0 Å². The fourth-order valence-electron chi connectivity index (χ4n) is 1.73. The molecule has 1 N–H and O–H groups in total. The largest absolute Gasteiger partial charge is 0.438 e. The van der Waals surface area contributed by atoms with Crippen molar-refractivity contribution in [1.82, 2.24) is 5.32 Å². The monoisotopic (exact) mass is 194 g/mol. The van der Waals surface area contributed by atoms with E-state index in [-0.39, 0.29) is 0 Å². The van der Waals surface area contributed by atoms with Crippen LogP contribution in [0.4, 0.5) is 5.88 Å². The van der Waals surface area contributed by atoms with Crippen LogP contribution in [0.15, 0.2) is 16.5 Å². The number of rotatable bonds is 2. The first-order valence-electron chi connectivity index (χ1n) is 4.83. The summed E-state index contributed by atoms with van der Waals surface area (Å²) in [6.07, 6.45) is 0.733. The highest BCUT2D eigenvalue weighted by atomic mass is 16.4. The van der Waals surface area contributed by atoms with Gasteiger partial charge in [-0.1, -0.05) is 0 Å². The zero-order valence-electron chi connectivity index (χ0n) is 8.19. The summed E-state index contributed by atoms with van der Waals surface area (Å²) in [5, 5.41) is 3.30. The highest BCUT2D eigenvalue weighted by molar-refractivity contribution is 5.71. The van der Waals surface area contributed by atoms with Gasteiger partial charge in [0.05, 0.1) is 0 Å². The molecule has 0 saturated carbocycles. The molecule has 4 nitrogen and oxygen atoms in total. The summed E-state index contributed by atoms with van der Waals surface area (Å²) >= 11 is 0. The molecule has 1 saturated heterocycles. The second-order valence-corrected chi connectivity index (χ2v) is 3.54. The highest BCUT2D eigenvalue weighted by Gasteiger charge is 2.20. The molecule has 1 atom stereocenters. The van der Waals surface area contributed by atoms with E-state index >= 15 is 0 Å². The molecule has 1 unspecified atom stereocenters. The van der Waals surface area contributed by atoms with Gasteiger partial charge in [-0.2, -0.15) is 0 Å². The summed E-state index contributed by atoms with van der Waals surface area (Å²) in [5.74, 6) is 1.19. The second-order valence-electron chi connectivity index (χ2n) is 3.54. The van der Waals surface area contributed by atoms with Crippen molar-refractivity contribution < 1.29 is 9.21 Å². The lowest BCUT2D eigenvalue weighted by Crippen LogP contribution is -2.49. The minimum Gasteiger partial charge on any atom is -0.438 e.